The van der Waals surface area contributed by atoms with E-state index in [2.05, 4.69) is 6.07 Å². The van der Waals surface area contributed by atoms with Gasteiger partial charge >= 0.3 is 0 Å². The van der Waals surface area contributed by atoms with E-state index < -0.39 is 11.7 Å². The summed E-state index contributed by atoms with van der Waals surface area (Å²) in [4.78, 5) is 0. The van der Waals surface area contributed by atoms with Crippen LogP contribution in [0.4, 0.5) is 0 Å². The van der Waals surface area contributed by atoms with Crippen molar-refractivity contribution in [2.75, 3.05) is 26.9 Å². The van der Waals surface area contributed by atoms with E-state index in [0.717, 1.165) is 31.6 Å². The van der Waals surface area contributed by atoms with Crippen LogP contribution in [0.5, 0.6) is 5.75 Å². The SMILES string of the molecule is COC1(C(O)CC2CCOc3ccccc32)CCOCC1. The summed E-state index contributed by atoms with van der Waals surface area (Å²) in [6, 6.07) is 8.14. The molecule has 1 aromatic carbocycles. The number of hydrogen-bond donors (Lipinski definition) is 1. The van der Waals surface area contributed by atoms with E-state index in [1.54, 1.807) is 7.11 Å². The molecule has 1 aromatic rings. The topological polar surface area (TPSA) is 47.9 Å². The van der Waals surface area contributed by atoms with Crippen LogP contribution < -0.4 is 4.74 Å². The highest BCUT2D eigenvalue weighted by atomic mass is 16.5. The molecular weight excluding hydrogens is 268 g/mol. The molecule has 4 heteroatoms. The van der Waals surface area contributed by atoms with E-state index in [1.165, 1.54) is 5.56 Å². The summed E-state index contributed by atoms with van der Waals surface area (Å²) in [5.74, 6) is 1.29. The molecule has 116 valence electrons. The van der Waals surface area contributed by atoms with Crippen molar-refractivity contribution in [1.82, 2.24) is 0 Å². The van der Waals surface area contributed by atoms with Crippen LogP contribution in [-0.4, -0.2) is 43.7 Å². The second kappa shape index (κ2) is 6.34. The fourth-order valence-electron chi connectivity index (χ4n) is 3.54. The van der Waals surface area contributed by atoms with Crippen molar-refractivity contribution in [3.8, 4) is 5.75 Å². The zero-order valence-electron chi connectivity index (χ0n) is 12.6. The Labute approximate surface area is 126 Å². The van der Waals surface area contributed by atoms with Gasteiger partial charge < -0.3 is 19.3 Å². The molecule has 0 spiro atoms. The maximum Gasteiger partial charge on any atom is 0.122 e. The normalized spacial score (nSPS) is 25.7. The molecule has 3 rings (SSSR count). The molecule has 0 bridgehead atoms. The smallest absolute Gasteiger partial charge is 0.122 e. The quantitative estimate of drug-likeness (QED) is 0.926. The number of rotatable bonds is 4. The van der Waals surface area contributed by atoms with Gasteiger partial charge in [-0.2, -0.15) is 0 Å². The Hall–Kier alpha value is -1.10. The van der Waals surface area contributed by atoms with Gasteiger partial charge in [-0.3, -0.25) is 0 Å². The lowest BCUT2D eigenvalue weighted by atomic mass is 9.80. The van der Waals surface area contributed by atoms with Crippen LogP contribution in [0.25, 0.3) is 0 Å². The molecule has 0 amide bonds. The highest BCUT2D eigenvalue weighted by molar-refractivity contribution is 5.37. The molecule has 0 aliphatic carbocycles. The van der Waals surface area contributed by atoms with Crippen LogP contribution >= 0.6 is 0 Å². The summed E-state index contributed by atoms with van der Waals surface area (Å²) in [5.41, 5.74) is 0.756. The fourth-order valence-corrected chi connectivity index (χ4v) is 3.54. The van der Waals surface area contributed by atoms with Gasteiger partial charge in [0.05, 0.1) is 18.3 Å². The predicted molar refractivity (Wildman–Crippen MR) is 79.7 cm³/mol. The maximum absolute atomic E-state index is 10.8. The number of fused-ring (bicyclic) bond motifs is 1. The fraction of sp³-hybridized carbons (Fsp3) is 0.647. The average molecular weight is 292 g/mol. The van der Waals surface area contributed by atoms with Crippen LogP contribution in [0.2, 0.25) is 0 Å². The van der Waals surface area contributed by atoms with Gasteiger partial charge in [0, 0.05) is 33.2 Å². The lowest BCUT2D eigenvalue weighted by molar-refractivity contribution is -0.155. The molecule has 2 atom stereocenters. The molecule has 4 nitrogen and oxygen atoms in total. The van der Waals surface area contributed by atoms with E-state index in [-0.39, 0.29) is 0 Å². The Morgan fingerprint density at radius 1 is 1.29 bits per heavy atom. The Morgan fingerprint density at radius 3 is 2.81 bits per heavy atom. The van der Waals surface area contributed by atoms with Gasteiger partial charge in [0.15, 0.2) is 0 Å². The van der Waals surface area contributed by atoms with Crippen molar-refractivity contribution in [3.05, 3.63) is 29.8 Å². The summed E-state index contributed by atoms with van der Waals surface area (Å²) < 4.78 is 16.8. The molecule has 2 unspecified atom stereocenters. The molecule has 1 fully saturated rings. The number of ether oxygens (including phenoxy) is 3. The standard InChI is InChI=1S/C17H24O4/c1-19-17(7-10-20-11-8-17)16(18)12-13-6-9-21-15-5-3-2-4-14(13)15/h2-5,13,16,18H,6-12H2,1H3. The molecule has 2 heterocycles. The number of aliphatic hydroxyl groups excluding tert-OH is 1. The number of para-hydroxylation sites is 1. The molecule has 21 heavy (non-hydrogen) atoms. The first-order valence-corrected chi connectivity index (χ1v) is 7.78. The van der Waals surface area contributed by atoms with Gasteiger partial charge in [0.1, 0.15) is 5.75 Å². The van der Waals surface area contributed by atoms with Crippen LogP contribution in [0, 0.1) is 0 Å². The molecule has 0 aromatic heterocycles. The van der Waals surface area contributed by atoms with Crippen molar-refractivity contribution in [2.24, 2.45) is 0 Å². The van der Waals surface area contributed by atoms with Gasteiger partial charge in [-0.25, -0.2) is 0 Å². The lowest BCUT2D eigenvalue weighted by Crippen LogP contribution is -2.49. The molecule has 0 radical (unpaired) electrons. The molecule has 1 N–H and O–H groups in total. The van der Waals surface area contributed by atoms with Gasteiger partial charge in [0.25, 0.3) is 0 Å². The van der Waals surface area contributed by atoms with Crippen molar-refractivity contribution >= 4 is 0 Å². The van der Waals surface area contributed by atoms with Crippen LogP contribution in [0.3, 0.4) is 0 Å². The lowest BCUT2D eigenvalue weighted by Gasteiger charge is -2.41. The van der Waals surface area contributed by atoms with Crippen molar-refractivity contribution in [2.45, 2.75) is 43.3 Å². The zero-order valence-corrected chi connectivity index (χ0v) is 12.6. The minimum atomic E-state index is -0.470. The first-order valence-electron chi connectivity index (χ1n) is 7.78. The minimum Gasteiger partial charge on any atom is -0.493 e. The number of benzene rings is 1. The highest BCUT2D eigenvalue weighted by Crippen LogP contribution is 2.39. The van der Waals surface area contributed by atoms with E-state index in [1.807, 2.05) is 18.2 Å². The van der Waals surface area contributed by atoms with Gasteiger partial charge in [-0.05, 0) is 30.4 Å². The molecule has 2 aliphatic rings. The third kappa shape index (κ3) is 2.93. The van der Waals surface area contributed by atoms with Gasteiger partial charge in [-0.15, -0.1) is 0 Å². The Morgan fingerprint density at radius 2 is 2.05 bits per heavy atom. The third-order valence-electron chi connectivity index (χ3n) is 4.94. The van der Waals surface area contributed by atoms with Crippen LogP contribution in [0.15, 0.2) is 24.3 Å². The Balaban J connectivity index is 1.74. The second-order valence-electron chi connectivity index (χ2n) is 6.00. The monoisotopic (exact) mass is 292 g/mol. The van der Waals surface area contributed by atoms with Crippen molar-refractivity contribution in [1.29, 1.82) is 0 Å². The summed E-state index contributed by atoms with van der Waals surface area (Å²) in [5, 5.41) is 10.8. The third-order valence-corrected chi connectivity index (χ3v) is 4.94. The van der Waals surface area contributed by atoms with Crippen molar-refractivity contribution < 1.29 is 19.3 Å². The Kier molecular flexibility index (Phi) is 4.48. The highest BCUT2D eigenvalue weighted by Gasteiger charge is 2.41. The summed E-state index contributed by atoms with van der Waals surface area (Å²) in [6.07, 6.45) is 2.71. The summed E-state index contributed by atoms with van der Waals surface area (Å²) >= 11 is 0. The maximum atomic E-state index is 10.8. The largest absolute Gasteiger partial charge is 0.493 e. The van der Waals surface area contributed by atoms with E-state index >= 15 is 0 Å². The molecular formula is C17H24O4. The number of aliphatic hydroxyl groups is 1. The second-order valence-corrected chi connectivity index (χ2v) is 6.00. The number of methoxy groups -OCH3 is 1. The van der Waals surface area contributed by atoms with E-state index in [9.17, 15) is 5.11 Å². The zero-order chi connectivity index (χ0) is 14.7. The minimum absolute atomic E-state index is 0.333. The average Bonchev–Trinajstić information content (AvgIpc) is 2.56. The number of hydrogen-bond acceptors (Lipinski definition) is 4. The Bertz CT molecular complexity index is 468. The van der Waals surface area contributed by atoms with Crippen LogP contribution in [-0.2, 0) is 9.47 Å². The molecule has 1 saturated heterocycles. The molecule has 0 saturated carbocycles. The van der Waals surface area contributed by atoms with Gasteiger partial charge in [-0.1, -0.05) is 18.2 Å². The van der Waals surface area contributed by atoms with Gasteiger partial charge in [0.2, 0.25) is 0 Å². The van der Waals surface area contributed by atoms with Crippen LogP contribution in [0.1, 0.15) is 37.2 Å². The summed E-state index contributed by atoms with van der Waals surface area (Å²) in [6.45, 7) is 2.04. The van der Waals surface area contributed by atoms with Crippen molar-refractivity contribution in [3.63, 3.8) is 0 Å². The first-order chi connectivity index (χ1) is 10.2. The summed E-state index contributed by atoms with van der Waals surface area (Å²) in [7, 11) is 1.70. The van der Waals surface area contributed by atoms with E-state index in [0.29, 0.717) is 25.6 Å². The molecule has 2 aliphatic heterocycles. The first kappa shape index (κ1) is 14.8. The van der Waals surface area contributed by atoms with E-state index in [4.69, 9.17) is 14.2 Å². The predicted octanol–water partition coefficient (Wildman–Crippen LogP) is 2.50.